The molecule has 0 rings (SSSR count). The maximum absolute atomic E-state index is 12.1. The van der Waals surface area contributed by atoms with Crippen LogP contribution in [0.4, 0.5) is 0 Å². The summed E-state index contributed by atoms with van der Waals surface area (Å²) in [5.74, 6) is 0.235. The maximum atomic E-state index is 12.1. The molecule has 4 nitrogen and oxygen atoms in total. The van der Waals surface area contributed by atoms with Crippen LogP contribution in [0.5, 0.6) is 0 Å². The number of nitrogens with one attached hydrogen (secondary N) is 1. The van der Waals surface area contributed by atoms with E-state index < -0.39 is 0 Å². The second kappa shape index (κ2) is 13.8. The van der Waals surface area contributed by atoms with Gasteiger partial charge in [-0.15, -0.1) is 0 Å². The highest BCUT2D eigenvalue weighted by Crippen LogP contribution is 2.06. The lowest BCUT2D eigenvalue weighted by atomic mass is 10.1. The summed E-state index contributed by atoms with van der Waals surface area (Å²) < 4.78 is 0. The molecule has 0 aromatic carbocycles. The Hall–Kier alpha value is -0.610. The summed E-state index contributed by atoms with van der Waals surface area (Å²) in [7, 11) is 1.90. The van der Waals surface area contributed by atoms with Crippen LogP contribution in [-0.2, 0) is 4.79 Å². The van der Waals surface area contributed by atoms with Gasteiger partial charge >= 0.3 is 0 Å². The van der Waals surface area contributed by atoms with E-state index in [1.165, 1.54) is 25.7 Å². The van der Waals surface area contributed by atoms with Crippen LogP contribution in [-0.4, -0.2) is 49.2 Å². The third kappa shape index (κ3) is 11.0. The molecule has 19 heavy (non-hydrogen) atoms. The standard InChI is InChI=1S/C15H32N2O2/c1-3-4-5-6-7-12-17(13-9-14-18)15(19)10-8-11-16-2/h16,18H,3-14H2,1-2H3. The monoisotopic (exact) mass is 272 g/mol. The zero-order valence-corrected chi connectivity index (χ0v) is 12.8. The Morgan fingerprint density at radius 3 is 2.37 bits per heavy atom. The summed E-state index contributed by atoms with van der Waals surface area (Å²) in [5, 5.41) is 12.0. The van der Waals surface area contributed by atoms with Gasteiger partial charge in [0.2, 0.25) is 5.91 Å². The van der Waals surface area contributed by atoms with Crippen molar-refractivity contribution in [2.75, 3.05) is 33.3 Å². The van der Waals surface area contributed by atoms with Crippen LogP contribution in [0.15, 0.2) is 0 Å². The number of carbonyl (C=O) groups is 1. The van der Waals surface area contributed by atoms with Gasteiger partial charge in [0.25, 0.3) is 0 Å². The van der Waals surface area contributed by atoms with Gasteiger partial charge in [0.05, 0.1) is 0 Å². The van der Waals surface area contributed by atoms with Crippen molar-refractivity contribution in [2.24, 2.45) is 0 Å². The molecule has 0 atom stereocenters. The average Bonchev–Trinajstić information content (AvgIpc) is 2.42. The SMILES string of the molecule is CCCCCCCN(CCCO)C(=O)CCCNC. The van der Waals surface area contributed by atoms with E-state index in [4.69, 9.17) is 5.11 Å². The van der Waals surface area contributed by atoms with Gasteiger partial charge in [0.15, 0.2) is 0 Å². The van der Waals surface area contributed by atoms with Crippen molar-refractivity contribution >= 4 is 5.91 Å². The van der Waals surface area contributed by atoms with Gasteiger partial charge in [0.1, 0.15) is 0 Å². The topological polar surface area (TPSA) is 52.6 Å². The molecule has 1 amide bonds. The number of rotatable bonds is 13. The first kappa shape index (κ1) is 18.4. The summed E-state index contributed by atoms with van der Waals surface area (Å²) in [5.41, 5.74) is 0. The summed E-state index contributed by atoms with van der Waals surface area (Å²) in [6.45, 7) is 4.80. The van der Waals surface area contributed by atoms with E-state index in [1.54, 1.807) is 0 Å². The molecule has 0 unspecified atom stereocenters. The van der Waals surface area contributed by atoms with Crippen molar-refractivity contribution in [3.05, 3.63) is 0 Å². The van der Waals surface area contributed by atoms with Crippen molar-refractivity contribution in [1.29, 1.82) is 0 Å². The van der Waals surface area contributed by atoms with Crippen molar-refractivity contribution in [3.63, 3.8) is 0 Å². The Labute approximate surface area is 118 Å². The van der Waals surface area contributed by atoms with Gasteiger partial charge in [0, 0.05) is 26.1 Å². The molecule has 0 bridgehead atoms. The molecule has 0 saturated carbocycles. The van der Waals surface area contributed by atoms with Crippen LogP contribution >= 0.6 is 0 Å². The average molecular weight is 272 g/mol. The molecular weight excluding hydrogens is 240 g/mol. The van der Waals surface area contributed by atoms with Crippen molar-refractivity contribution in [1.82, 2.24) is 10.2 Å². The smallest absolute Gasteiger partial charge is 0.222 e. The van der Waals surface area contributed by atoms with Gasteiger partial charge in [-0.05, 0) is 32.9 Å². The van der Waals surface area contributed by atoms with Crippen LogP contribution in [0.1, 0.15) is 58.3 Å². The summed E-state index contributed by atoms with van der Waals surface area (Å²) in [4.78, 5) is 14.0. The normalized spacial score (nSPS) is 10.7. The van der Waals surface area contributed by atoms with Crippen molar-refractivity contribution in [2.45, 2.75) is 58.3 Å². The lowest BCUT2D eigenvalue weighted by Gasteiger charge is -2.22. The van der Waals surface area contributed by atoms with E-state index in [9.17, 15) is 4.79 Å². The van der Waals surface area contributed by atoms with Crippen LogP contribution in [0.2, 0.25) is 0 Å². The highest BCUT2D eigenvalue weighted by Gasteiger charge is 2.11. The molecule has 0 aliphatic carbocycles. The molecule has 0 saturated heterocycles. The third-order valence-electron chi connectivity index (χ3n) is 3.29. The number of amides is 1. The number of hydrogen-bond donors (Lipinski definition) is 2. The number of carbonyl (C=O) groups excluding carboxylic acids is 1. The predicted octanol–water partition coefficient (Wildman–Crippen LogP) is 2.17. The third-order valence-corrected chi connectivity index (χ3v) is 3.29. The number of nitrogens with zero attached hydrogens (tertiary/aromatic N) is 1. The Balaban J connectivity index is 3.88. The first-order chi connectivity index (χ1) is 9.26. The zero-order chi connectivity index (χ0) is 14.3. The Morgan fingerprint density at radius 2 is 1.74 bits per heavy atom. The first-order valence-electron chi connectivity index (χ1n) is 7.79. The van der Waals surface area contributed by atoms with E-state index in [1.807, 2.05) is 11.9 Å². The maximum Gasteiger partial charge on any atom is 0.222 e. The van der Waals surface area contributed by atoms with Crippen LogP contribution in [0.3, 0.4) is 0 Å². The fourth-order valence-corrected chi connectivity index (χ4v) is 2.10. The molecular formula is C15H32N2O2. The van der Waals surface area contributed by atoms with Gasteiger partial charge in [-0.1, -0.05) is 32.6 Å². The predicted molar refractivity (Wildman–Crippen MR) is 80.2 cm³/mol. The number of hydrogen-bond acceptors (Lipinski definition) is 3. The fourth-order valence-electron chi connectivity index (χ4n) is 2.10. The van der Waals surface area contributed by atoms with Gasteiger partial charge in [-0.2, -0.15) is 0 Å². The van der Waals surface area contributed by atoms with Gasteiger partial charge in [-0.25, -0.2) is 0 Å². The van der Waals surface area contributed by atoms with E-state index in [2.05, 4.69) is 12.2 Å². The van der Waals surface area contributed by atoms with Crippen molar-refractivity contribution < 1.29 is 9.90 Å². The molecule has 0 fully saturated rings. The zero-order valence-electron chi connectivity index (χ0n) is 12.8. The minimum absolute atomic E-state index is 0.163. The second-order valence-corrected chi connectivity index (χ2v) is 5.08. The second-order valence-electron chi connectivity index (χ2n) is 5.08. The molecule has 114 valence electrons. The fraction of sp³-hybridized carbons (Fsp3) is 0.933. The van der Waals surface area contributed by atoms with Crippen LogP contribution < -0.4 is 5.32 Å². The first-order valence-corrected chi connectivity index (χ1v) is 7.79. The molecule has 0 spiro atoms. The summed E-state index contributed by atoms with van der Waals surface area (Å²) in [6, 6.07) is 0. The van der Waals surface area contributed by atoms with E-state index in [0.29, 0.717) is 19.4 Å². The molecule has 0 heterocycles. The highest BCUT2D eigenvalue weighted by molar-refractivity contribution is 5.76. The Morgan fingerprint density at radius 1 is 1.05 bits per heavy atom. The molecule has 0 aliphatic heterocycles. The quantitative estimate of drug-likeness (QED) is 0.505. The summed E-state index contributed by atoms with van der Waals surface area (Å²) >= 11 is 0. The molecule has 0 aromatic rings. The lowest BCUT2D eigenvalue weighted by molar-refractivity contribution is -0.131. The molecule has 0 aliphatic rings. The molecule has 0 aromatic heterocycles. The minimum atomic E-state index is 0.163. The van der Waals surface area contributed by atoms with E-state index in [0.717, 1.165) is 25.9 Å². The number of aliphatic hydroxyl groups is 1. The molecule has 4 heteroatoms. The van der Waals surface area contributed by atoms with Crippen molar-refractivity contribution in [3.8, 4) is 0 Å². The number of aliphatic hydroxyl groups excluding tert-OH is 1. The van der Waals surface area contributed by atoms with Crippen LogP contribution in [0.25, 0.3) is 0 Å². The van der Waals surface area contributed by atoms with Gasteiger partial charge in [-0.3, -0.25) is 4.79 Å². The Bertz CT molecular complexity index is 210. The summed E-state index contributed by atoms with van der Waals surface area (Å²) in [6.07, 6.45) is 8.27. The van der Waals surface area contributed by atoms with Crippen LogP contribution in [0, 0.1) is 0 Å². The van der Waals surface area contributed by atoms with Gasteiger partial charge < -0.3 is 15.3 Å². The van der Waals surface area contributed by atoms with E-state index >= 15 is 0 Å². The number of unbranched alkanes of at least 4 members (excludes halogenated alkanes) is 4. The molecule has 2 N–H and O–H groups in total. The Kier molecular flexibility index (Phi) is 13.4. The van der Waals surface area contributed by atoms with E-state index in [-0.39, 0.29) is 12.5 Å². The largest absolute Gasteiger partial charge is 0.396 e. The highest BCUT2D eigenvalue weighted by atomic mass is 16.3. The molecule has 0 radical (unpaired) electrons. The minimum Gasteiger partial charge on any atom is -0.396 e. The lowest BCUT2D eigenvalue weighted by Crippen LogP contribution is -2.33.